The molecule has 1 fully saturated rings. The van der Waals surface area contributed by atoms with Gasteiger partial charge in [-0.3, -0.25) is 9.79 Å². The van der Waals surface area contributed by atoms with Gasteiger partial charge < -0.3 is 24.8 Å². The number of halogens is 1. The third-order valence-electron chi connectivity index (χ3n) is 5.47. The van der Waals surface area contributed by atoms with Crippen LogP contribution in [0.1, 0.15) is 44.1 Å². The summed E-state index contributed by atoms with van der Waals surface area (Å²) in [4.78, 5) is 15.6. The highest BCUT2D eigenvalue weighted by Gasteiger charge is 2.34. The number of guanidine groups is 1. The lowest BCUT2D eigenvalue weighted by molar-refractivity contribution is -0.140. The third-order valence-corrected chi connectivity index (χ3v) is 5.47. The minimum absolute atomic E-state index is 0. The van der Waals surface area contributed by atoms with E-state index in [-0.39, 0.29) is 35.4 Å². The minimum Gasteiger partial charge on any atom is -0.493 e. The fourth-order valence-electron chi connectivity index (χ4n) is 3.82. The summed E-state index contributed by atoms with van der Waals surface area (Å²) < 4.78 is 15.6. The van der Waals surface area contributed by atoms with Gasteiger partial charge in [-0.2, -0.15) is 0 Å². The van der Waals surface area contributed by atoms with Gasteiger partial charge in [0.2, 0.25) is 0 Å². The van der Waals surface area contributed by atoms with Gasteiger partial charge in [-0.05, 0) is 30.5 Å². The second kappa shape index (κ2) is 12.8. The summed E-state index contributed by atoms with van der Waals surface area (Å²) >= 11 is 0. The average Bonchev–Trinajstić information content (AvgIpc) is 2.75. The van der Waals surface area contributed by atoms with Crippen LogP contribution in [-0.2, 0) is 14.9 Å². The van der Waals surface area contributed by atoms with Crippen molar-refractivity contribution in [2.24, 2.45) is 4.99 Å². The first kappa shape index (κ1) is 25.3. The highest BCUT2D eigenvalue weighted by Crippen LogP contribution is 2.42. The first-order valence-corrected chi connectivity index (χ1v) is 9.82. The molecule has 1 aliphatic carbocycles. The third kappa shape index (κ3) is 6.94. The van der Waals surface area contributed by atoms with Crippen LogP contribution in [0.5, 0.6) is 11.5 Å². The van der Waals surface area contributed by atoms with E-state index >= 15 is 0 Å². The van der Waals surface area contributed by atoms with Crippen molar-refractivity contribution in [2.45, 2.75) is 43.9 Å². The molecule has 1 saturated carbocycles. The van der Waals surface area contributed by atoms with Crippen molar-refractivity contribution >= 4 is 35.9 Å². The maximum atomic E-state index is 11.3. The van der Waals surface area contributed by atoms with E-state index in [1.807, 2.05) is 6.07 Å². The Morgan fingerprint density at radius 3 is 2.34 bits per heavy atom. The van der Waals surface area contributed by atoms with E-state index < -0.39 is 0 Å². The van der Waals surface area contributed by atoms with Crippen molar-refractivity contribution in [3.63, 3.8) is 0 Å². The molecule has 1 aliphatic rings. The smallest absolute Gasteiger partial charge is 0.307 e. The average molecular weight is 519 g/mol. The molecule has 2 rings (SSSR count). The highest BCUT2D eigenvalue weighted by molar-refractivity contribution is 14.0. The summed E-state index contributed by atoms with van der Waals surface area (Å²) in [5, 5.41) is 6.63. The maximum Gasteiger partial charge on any atom is 0.307 e. The van der Waals surface area contributed by atoms with Crippen LogP contribution in [0.25, 0.3) is 0 Å². The lowest BCUT2D eigenvalue weighted by Crippen LogP contribution is -2.47. The summed E-state index contributed by atoms with van der Waals surface area (Å²) in [7, 11) is 6.45. The first-order chi connectivity index (χ1) is 13.6. The molecule has 0 aromatic heterocycles. The zero-order valence-electron chi connectivity index (χ0n) is 17.9. The molecule has 164 valence electrons. The number of nitrogens with zero attached hydrogens (tertiary/aromatic N) is 1. The second-order valence-corrected chi connectivity index (χ2v) is 7.09. The molecule has 0 amide bonds. The summed E-state index contributed by atoms with van der Waals surface area (Å²) in [5.74, 6) is 1.95. The molecule has 1 aromatic rings. The van der Waals surface area contributed by atoms with Crippen molar-refractivity contribution in [2.75, 3.05) is 41.5 Å². The standard InChI is InChI=1S/C21H33N3O4.HI/c1-22-20(23-13-10-19(25)28-4)24-15-21(11-6-5-7-12-21)16-8-9-17(26-2)18(14-16)27-3;/h8-9,14H,5-7,10-13,15H2,1-4H3,(H2,22,23,24);1H. The molecule has 0 spiro atoms. The molecule has 0 heterocycles. The Hall–Kier alpha value is -1.71. The number of hydrogen-bond donors (Lipinski definition) is 2. The molecule has 2 N–H and O–H groups in total. The van der Waals surface area contributed by atoms with Crippen molar-refractivity contribution in [3.05, 3.63) is 23.8 Å². The van der Waals surface area contributed by atoms with Crippen LogP contribution in [0, 0.1) is 0 Å². The van der Waals surface area contributed by atoms with Gasteiger partial charge in [0.1, 0.15) is 0 Å². The molecule has 1 aromatic carbocycles. The van der Waals surface area contributed by atoms with Crippen molar-refractivity contribution < 1.29 is 19.0 Å². The van der Waals surface area contributed by atoms with Gasteiger partial charge in [-0.1, -0.05) is 25.3 Å². The topological polar surface area (TPSA) is 81.2 Å². The molecule has 0 radical (unpaired) electrons. The van der Waals surface area contributed by atoms with E-state index in [1.165, 1.54) is 31.9 Å². The quantitative estimate of drug-likeness (QED) is 0.238. The predicted octanol–water partition coefficient (Wildman–Crippen LogP) is 3.25. The number of esters is 1. The van der Waals surface area contributed by atoms with E-state index in [9.17, 15) is 4.79 Å². The molecule has 0 atom stereocenters. The number of benzene rings is 1. The number of methoxy groups -OCH3 is 3. The van der Waals surface area contributed by atoms with Gasteiger partial charge >= 0.3 is 5.97 Å². The molecular weight excluding hydrogens is 485 g/mol. The maximum absolute atomic E-state index is 11.3. The Morgan fingerprint density at radius 2 is 1.76 bits per heavy atom. The fourth-order valence-corrected chi connectivity index (χ4v) is 3.82. The van der Waals surface area contributed by atoms with Crippen LogP contribution in [0.3, 0.4) is 0 Å². The SMILES string of the molecule is CN=C(NCCC(=O)OC)NCC1(c2ccc(OC)c(OC)c2)CCCCC1.I. The molecule has 29 heavy (non-hydrogen) atoms. The molecule has 0 saturated heterocycles. The molecule has 8 heteroatoms. The number of carbonyl (C=O) groups is 1. The molecule has 7 nitrogen and oxygen atoms in total. The number of aliphatic imine (C=N–C) groups is 1. The number of carbonyl (C=O) groups excluding carboxylic acids is 1. The zero-order valence-corrected chi connectivity index (χ0v) is 20.2. The molecule has 0 unspecified atom stereocenters. The largest absolute Gasteiger partial charge is 0.493 e. The second-order valence-electron chi connectivity index (χ2n) is 7.09. The Bertz CT molecular complexity index is 676. The van der Waals surface area contributed by atoms with Crippen LogP contribution in [0.15, 0.2) is 23.2 Å². The monoisotopic (exact) mass is 519 g/mol. The Morgan fingerprint density at radius 1 is 1.07 bits per heavy atom. The number of rotatable bonds is 8. The van der Waals surface area contributed by atoms with Crippen molar-refractivity contribution in [1.29, 1.82) is 0 Å². The van der Waals surface area contributed by atoms with Crippen LogP contribution in [-0.4, -0.2) is 53.4 Å². The Kier molecular flexibility index (Phi) is 11.2. The first-order valence-electron chi connectivity index (χ1n) is 9.82. The van der Waals surface area contributed by atoms with E-state index in [1.54, 1.807) is 21.3 Å². The summed E-state index contributed by atoms with van der Waals surface area (Å²) in [6.45, 7) is 1.25. The summed E-state index contributed by atoms with van der Waals surface area (Å²) in [6, 6.07) is 6.22. The van der Waals surface area contributed by atoms with Crippen molar-refractivity contribution in [3.8, 4) is 11.5 Å². The number of ether oxygens (including phenoxy) is 3. The zero-order chi connectivity index (χ0) is 20.4. The van der Waals surface area contributed by atoms with Gasteiger partial charge in [0, 0.05) is 25.6 Å². The summed E-state index contributed by atoms with van der Waals surface area (Å²) in [5.41, 5.74) is 1.26. The van der Waals surface area contributed by atoms with E-state index in [2.05, 4.69) is 32.5 Å². The lowest BCUT2D eigenvalue weighted by Gasteiger charge is -2.38. The molecule has 0 bridgehead atoms. The Balaban J connectivity index is 0.00000420. The van der Waals surface area contributed by atoms with Gasteiger partial charge in [0.15, 0.2) is 17.5 Å². The van der Waals surface area contributed by atoms with Gasteiger partial charge in [0.05, 0.1) is 27.8 Å². The highest BCUT2D eigenvalue weighted by atomic mass is 127. The van der Waals surface area contributed by atoms with E-state index in [0.29, 0.717) is 18.9 Å². The predicted molar refractivity (Wildman–Crippen MR) is 126 cm³/mol. The summed E-state index contributed by atoms with van der Waals surface area (Å²) in [6.07, 6.45) is 6.18. The normalized spacial score (nSPS) is 15.7. The fraction of sp³-hybridized carbons (Fsp3) is 0.619. The lowest BCUT2D eigenvalue weighted by atomic mass is 9.69. The number of nitrogens with one attached hydrogen (secondary N) is 2. The van der Waals surface area contributed by atoms with E-state index in [0.717, 1.165) is 30.9 Å². The molecular formula is C21H34IN3O4. The van der Waals surface area contributed by atoms with Crippen LogP contribution in [0.4, 0.5) is 0 Å². The van der Waals surface area contributed by atoms with Crippen molar-refractivity contribution in [1.82, 2.24) is 10.6 Å². The Labute approximate surface area is 191 Å². The molecule has 0 aliphatic heterocycles. The van der Waals surface area contributed by atoms with Gasteiger partial charge in [0.25, 0.3) is 0 Å². The van der Waals surface area contributed by atoms with Gasteiger partial charge in [-0.25, -0.2) is 0 Å². The minimum atomic E-state index is -0.239. The van der Waals surface area contributed by atoms with Crippen LogP contribution < -0.4 is 20.1 Å². The van der Waals surface area contributed by atoms with E-state index in [4.69, 9.17) is 9.47 Å². The van der Waals surface area contributed by atoms with Crippen LogP contribution in [0.2, 0.25) is 0 Å². The van der Waals surface area contributed by atoms with Crippen LogP contribution >= 0.6 is 24.0 Å². The number of hydrogen-bond acceptors (Lipinski definition) is 5. The van der Waals surface area contributed by atoms with Gasteiger partial charge in [-0.15, -0.1) is 24.0 Å².